The number of carboxylic acid groups (broad SMARTS) is 1. The van der Waals surface area contributed by atoms with E-state index in [1.54, 1.807) is 134 Å². The van der Waals surface area contributed by atoms with Crippen LogP contribution < -0.4 is 27.8 Å². The Labute approximate surface area is 777 Å². The third kappa shape index (κ3) is 20.7. The highest BCUT2D eigenvalue weighted by molar-refractivity contribution is 7.15. The molecule has 36 heteroatoms. The number of aromatic carboxylic acids is 1. The van der Waals surface area contributed by atoms with Gasteiger partial charge in [0.15, 0.2) is 5.78 Å². The number of benzene rings is 2. The number of aryl methyl sites for hydroxylation is 8. The lowest BCUT2D eigenvalue weighted by Crippen LogP contribution is -2.46. The van der Waals surface area contributed by atoms with Gasteiger partial charge < -0.3 is 32.9 Å². The third-order valence-corrected chi connectivity index (χ3v) is 28.6. The summed E-state index contributed by atoms with van der Waals surface area (Å²) in [5.41, 5.74) is 31.0. The zero-order chi connectivity index (χ0) is 89.9. The number of pyridine rings is 4. The largest absolute Gasteiger partial charge is 0.477 e. The minimum absolute atomic E-state index is 0.0523. The molecule has 0 saturated carbocycles. The molecule has 0 aliphatic carbocycles. The van der Waals surface area contributed by atoms with Crippen molar-refractivity contribution in [3.63, 3.8) is 0 Å². The van der Waals surface area contributed by atoms with Crippen LogP contribution in [0, 0.1) is 5.92 Å². The number of carboxylic acids is 1. The summed E-state index contributed by atoms with van der Waals surface area (Å²) in [6.07, 6.45) is 30.8. The molecule has 0 saturated heterocycles. The van der Waals surface area contributed by atoms with Gasteiger partial charge in [-0.2, -0.15) is 20.4 Å². The summed E-state index contributed by atoms with van der Waals surface area (Å²) < 4.78 is 7.61. The second kappa shape index (κ2) is 41.2. The summed E-state index contributed by atoms with van der Waals surface area (Å²) in [6, 6.07) is 35.4. The van der Waals surface area contributed by atoms with Crippen molar-refractivity contribution >= 4 is 139 Å². The maximum absolute atomic E-state index is 13.5. The number of fused-ring (bicyclic) bond motifs is 14. The van der Waals surface area contributed by atoms with Gasteiger partial charge in [-0.25, -0.2) is 4.79 Å². The van der Waals surface area contributed by atoms with Crippen LogP contribution in [0.5, 0.6) is 0 Å². The number of aromatic nitrogens is 12. The summed E-state index contributed by atoms with van der Waals surface area (Å²) in [4.78, 5) is 127. The molecule has 129 heavy (non-hydrogen) atoms. The minimum Gasteiger partial charge on any atom is -0.477 e. The number of hydrogen-bond acceptors (Lipinski definition) is 23. The molecular formula is C93H87Cl4N19O9S4. The summed E-state index contributed by atoms with van der Waals surface area (Å²) >= 11 is 31.1. The molecule has 6 aliphatic heterocycles. The monoisotopic (exact) mass is 1880 g/mol. The Hall–Kier alpha value is -11.9. The van der Waals surface area contributed by atoms with Crippen LogP contribution in [0.4, 0.5) is 0 Å². The maximum Gasteiger partial charge on any atom is 0.345 e. The zero-order valence-electron chi connectivity index (χ0n) is 69.5. The van der Waals surface area contributed by atoms with Gasteiger partial charge >= 0.3 is 5.97 Å². The first kappa shape index (κ1) is 90.4. The van der Waals surface area contributed by atoms with Crippen molar-refractivity contribution in [3.05, 3.63) is 299 Å². The van der Waals surface area contributed by atoms with Crippen LogP contribution in [-0.4, -0.2) is 165 Å². The van der Waals surface area contributed by atoms with Crippen molar-refractivity contribution < 1.29 is 43.5 Å². The Kier molecular flexibility index (Phi) is 28.9. The van der Waals surface area contributed by atoms with Gasteiger partial charge in [-0.1, -0.05) is 94.9 Å². The smallest absolute Gasteiger partial charge is 0.345 e. The number of halogens is 4. The molecule has 20 rings (SSSR count). The van der Waals surface area contributed by atoms with E-state index >= 15 is 0 Å². The second-order valence-corrected chi connectivity index (χ2v) is 37.8. The van der Waals surface area contributed by atoms with Crippen LogP contribution in [0.3, 0.4) is 0 Å². The lowest BCUT2D eigenvalue weighted by Gasteiger charge is -2.23. The van der Waals surface area contributed by atoms with E-state index in [0.29, 0.717) is 95.7 Å². The van der Waals surface area contributed by atoms with E-state index in [0.717, 1.165) is 166 Å². The molecule has 6 aliphatic rings. The van der Waals surface area contributed by atoms with Gasteiger partial charge in [0.1, 0.15) is 4.88 Å². The number of amides is 6. The van der Waals surface area contributed by atoms with E-state index in [9.17, 15) is 38.4 Å². The first-order valence-electron chi connectivity index (χ1n) is 42.0. The number of ketones is 1. The van der Waals surface area contributed by atoms with Crippen LogP contribution in [0.15, 0.2) is 196 Å². The van der Waals surface area contributed by atoms with Gasteiger partial charge in [-0.05, 0) is 185 Å². The number of Topliss-reactive ketones (excluding diaryl/α,β-unsaturated/α-hetero) is 1. The molecule has 28 nitrogen and oxygen atoms in total. The Bertz CT molecular complexity index is 6240. The molecule has 0 fully saturated rings. The highest BCUT2D eigenvalue weighted by Crippen LogP contribution is 2.44. The lowest BCUT2D eigenvalue weighted by atomic mass is 9.94. The van der Waals surface area contributed by atoms with Gasteiger partial charge in [0.25, 0.3) is 35.4 Å². The average molecular weight is 1880 g/mol. The van der Waals surface area contributed by atoms with Gasteiger partial charge in [0.05, 0.1) is 111 Å². The number of hydrogen-bond donors (Lipinski definition) is 6. The zero-order valence-corrected chi connectivity index (χ0v) is 75.8. The fourth-order valence-corrected chi connectivity index (χ4v) is 21.9. The molecule has 660 valence electrons. The Morgan fingerprint density at radius 3 is 1.08 bits per heavy atom. The van der Waals surface area contributed by atoms with Gasteiger partial charge in [0.2, 0.25) is 0 Å². The van der Waals surface area contributed by atoms with E-state index in [1.165, 1.54) is 53.6 Å². The number of carbonyl (C=O) groups is 8. The fraction of sp³-hybridized carbons (Fsp3) is 0.269. The minimum atomic E-state index is -0.884. The molecular weight excluding hydrogens is 1800 g/mol. The first-order chi connectivity index (χ1) is 62.6. The predicted octanol–water partition coefficient (Wildman–Crippen LogP) is 15.3. The number of nitrogens with one attached hydrogen (secondary N) is 2. The Morgan fingerprint density at radius 1 is 0.395 bits per heavy atom. The lowest BCUT2D eigenvalue weighted by molar-refractivity contribution is 0.0622. The summed E-state index contributed by atoms with van der Waals surface area (Å²) in [5, 5.41) is 34.9. The third-order valence-electron chi connectivity index (χ3n) is 22.7. The van der Waals surface area contributed by atoms with Crippen molar-refractivity contribution in [3.8, 4) is 45.0 Å². The van der Waals surface area contributed by atoms with Crippen LogP contribution in [0.1, 0.15) is 154 Å². The average Bonchev–Trinajstić information content (AvgIpc) is 1.64. The number of thiophene rings is 4. The maximum atomic E-state index is 13.5. The molecule has 2 aromatic carbocycles. The summed E-state index contributed by atoms with van der Waals surface area (Å²) in [5.74, 6) is -2.22. The normalized spacial score (nSPS) is 14.6. The van der Waals surface area contributed by atoms with Crippen LogP contribution in [-0.2, 0) is 77.5 Å². The molecule has 0 unspecified atom stereocenters. The molecule has 0 bridgehead atoms. The standard InChI is InChI=1S/C27H22ClN5O3S.C20H21ClN4OS.C19H20ClN5OS.C16H15N3O2.C11H9ClN2O2S/c28-21-14-30-33-10-4-8-22-20(24(21)33)12-23(37-22)25(34)31-17(11-16-5-3-9-29-13-16)15-32-26(35)18-6-1-2-7-19(18)27(32)36;21-16-12-24-25-6-2-4-18-15(20(16)25)9-19(27-18)17(26)8-14(10-22)7-13-3-1-5-23-11-13;20-15-11-23-25-6-2-4-16-14(18(15)25)8-17(27-16)19(26)24-13(9-21)7-12-3-1-5-22-10-12;17-12(8-11-4-3-7-18-9-11)10-19-15(20)13-5-1-2-6-14(13)16(19)21;12-7-5-13-14-3-1-2-8-6(10(7)14)4-9(17-8)11(15)16/h1-3,5-7,9,12-14,17H,4,8,10-11,15H2,(H,31,34);1,3,5,9,11-12,14H,2,4,6-8,10,22H2;1,3,5,8,10-11,13H,2,4,6-7,9,21H2,(H,24,26);1-7,9,12H,8,10,17H2;4-5H,1-3H2,(H,15,16)/t17-;14-;13-;12-;/m0100./s1. The van der Waals surface area contributed by atoms with Crippen LogP contribution in [0.25, 0.3) is 45.0 Å². The topological polar surface area (TPSA) is 388 Å². The molecule has 12 aromatic heterocycles. The molecule has 14 aromatic rings. The molecule has 0 spiro atoms. The SMILES string of the molecule is NC[C@@H](CC(=O)c1cc2c(s1)CCCn1ncc(Cl)c1-2)Cc1cccnc1.NC[C@H](Cc1cccnc1)NC(=O)c1cc2c(s1)CCCn1ncc(Cl)c1-2.N[C@@H](Cc1cccnc1)CN1C(=O)c2ccccc2C1=O.O=C(N[C@@H](Cc1cccnc1)CN1C(=O)c2ccccc2C1=O)c1cc2c(s1)CCCn1ncc(Cl)c1-2.O=C(O)c1cc2c(s1)CCCn1ncc(Cl)c1-2. The van der Waals surface area contributed by atoms with Crippen molar-refractivity contribution in [1.29, 1.82) is 0 Å². The summed E-state index contributed by atoms with van der Waals surface area (Å²) in [7, 11) is 0. The number of carbonyl (C=O) groups excluding carboxylic acids is 7. The van der Waals surface area contributed by atoms with E-state index in [2.05, 4.69) is 51.0 Å². The summed E-state index contributed by atoms with van der Waals surface area (Å²) in [6.45, 7) is 4.40. The number of imide groups is 2. The van der Waals surface area contributed by atoms with E-state index in [1.807, 2.05) is 91.7 Å². The van der Waals surface area contributed by atoms with Gasteiger partial charge in [0, 0.05) is 156 Å². The fourth-order valence-electron chi connectivity index (χ4n) is 16.6. The van der Waals surface area contributed by atoms with Crippen molar-refractivity contribution in [2.24, 2.45) is 23.1 Å². The Balaban J connectivity index is 0.000000121. The van der Waals surface area contributed by atoms with Crippen LogP contribution >= 0.6 is 91.8 Å². The molecule has 4 atom stereocenters. The van der Waals surface area contributed by atoms with Crippen molar-refractivity contribution in [2.75, 3.05) is 26.2 Å². The number of rotatable bonds is 22. The van der Waals surface area contributed by atoms with Gasteiger partial charge in [-0.3, -0.25) is 82.0 Å². The van der Waals surface area contributed by atoms with E-state index in [-0.39, 0.29) is 72.3 Å². The molecule has 0 radical (unpaired) electrons. The number of nitrogens with zero attached hydrogens (tertiary/aromatic N) is 14. The Morgan fingerprint density at radius 2 is 0.721 bits per heavy atom. The molecule has 9 N–H and O–H groups in total. The quantitative estimate of drug-likeness (QED) is 0.0271. The van der Waals surface area contributed by atoms with Crippen LogP contribution in [0.2, 0.25) is 20.1 Å². The number of nitrogens with two attached hydrogens (primary N) is 3. The highest BCUT2D eigenvalue weighted by atomic mass is 35.5. The van der Waals surface area contributed by atoms with Gasteiger partial charge in [-0.15, -0.1) is 45.3 Å². The first-order valence-corrected chi connectivity index (χ1v) is 46.8. The van der Waals surface area contributed by atoms with E-state index in [4.69, 9.17) is 68.7 Å². The van der Waals surface area contributed by atoms with Crippen molar-refractivity contribution in [1.82, 2.24) is 79.5 Å². The van der Waals surface area contributed by atoms with E-state index < -0.39 is 12.0 Å². The molecule has 6 amide bonds. The van der Waals surface area contributed by atoms with Crippen molar-refractivity contribution in [2.45, 2.75) is 128 Å². The molecule has 18 heterocycles. The second-order valence-electron chi connectivity index (χ2n) is 31.6. The predicted molar refractivity (Wildman–Crippen MR) is 499 cm³/mol. The highest BCUT2D eigenvalue weighted by Gasteiger charge is 2.39.